The predicted octanol–water partition coefficient (Wildman–Crippen LogP) is 1.48. The number of hydrogen-bond acceptors (Lipinski definition) is 8. The zero-order valence-corrected chi connectivity index (χ0v) is 17.8. The molecule has 0 radical (unpaired) electrons. The minimum Gasteiger partial charge on any atom is -0.484 e. The monoisotopic (exact) mass is 437 g/mol. The van der Waals surface area contributed by atoms with Crippen LogP contribution in [-0.4, -0.2) is 63.3 Å². The summed E-state index contributed by atoms with van der Waals surface area (Å²) >= 11 is 0. The predicted molar refractivity (Wildman–Crippen MR) is 115 cm³/mol. The molecule has 0 saturated carbocycles. The van der Waals surface area contributed by atoms with Crippen LogP contribution in [0, 0.1) is 0 Å². The fourth-order valence-corrected chi connectivity index (χ4v) is 4.33. The summed E-state index contributed by atoms with van der Waals surface area (Å²) in [5.74, 6) is 1.93. The van der Waals surface area contributed by atoms with Crippen LogP contribution in [0.5, 0.6) is 5.75 Å². The smallest absolute Gasteiger partial charge is 0.261 e. The Morgan fingerprint density at radius 2 is 2.16 bits per heavy atom. The summed E-state index contributed by atoms with van der Waals surface area (Å²) in [6.45, 7) is 2.69. The zero-order valence-electron chi connectivity index (χ0n) is 17.8. The van der Waals surface area contributed by atoms with E-state index >= 15 is 0 Å². The van der Waals surface area contributed by atoms with Gasteiger partial charge in [0.05, 0.1) is 12.5 Å². The summed E-state index contributed by atoms with van der Waals surface area (Å²) in [6.07, 6.45) is 7.49. The number of hydrogen-bond donors (Lipinski definition) is 2. The summed E-state index contributed by atoms with van der Waals surface area (Å²) in [7, 11) is 0. The van der Waals surface area contributed by atoms with Gasteiger partial charge in [0, 0.05) is 37.9 Å². The minimum atomic E-state index is -0.303. The van der Waals surface area contributed by atoms with Gasteiger partial charge in [0.2, 0.25) is 0 Å². The molecule has 1 aromatic carbocycles. The lowest BCUT2D eigenvalue weighted by atomic mass is 9.95. The van der Waals surface area contributed by atoms with E-state index in [9.17, 15) is 4.79 Å². The van der Waals surface area contributed by atoms with Crippen LogP contribution in [0.3, 0.4) is 0 Å². The Kier molecular flexibility index (Phi) is 6.13. The number of amides is 1. The summed E-state index contributed by atoms with van der Waals surface area (Å²) in [5, 5.41) is 11.1. The Morgan fingerprint density at radius 1 is 1.25 bits per heavy atom. The van der Waals surface area contributed by atoms with Crippen molar-refractivity contribution in [3.05, 3.63) is 60.8 Å². The summed E-state index contributed by atoms with van der Waals surface area (Å²) in [4.78, 5) is 23.5. The average molecular weight is 438 g/mol. The molecule has 4 heterocycles. The number of piperazine rings is 1. The molecule has 2 aromatic heterocycles. The normalized spacial score (nSPS) is 23.8. The molecule has 2 aliphatic heterocycles. The maximum Gasteiger partial charge on any atom is 0.261 e. The van der Waals surface area contributed by atoms with E-state index in [2.05, 4.69) is 25.3 Å². The van der Waals surface area contributed by atoms with Gasteiger partial charge < -0.3 is 24.0 Å². The first-order valence-electron chi connectivity index (χ1n) is 11.0. The fraction of sp³-hybridized carbons (Fsp3) is 0.455. The highest BCUT2D eigenvalue weighted by atomic mass is 16.5. The highest BCUT2D eigenvalue weighted by molar-refractivity contribution is 5.78. The number of aromatic nitrogens is 4. The van der Waals surface area contributed by atoms with Crippen molar-refractivity contribution in [2.24, 2.45) is 0 Å². The van der Waals surface area contributed by atoms with Crippen LogP contribution in [-0.2, 0) is 4.79 Å². The number of carbonyl (C=O) groups excluding carboxylic acids is 1. The number of nitrogens with one attached hydrogen (secondary N) is 2. The van der Waals surface area contributed by atoms with E-state index < -0.39 is 0 Å². The standard InChI is InChI=1S/C22H27N7O3/c30-20(14-31-17-4-2-1-3-5-17)29-11-9-23-13-18(29)22-26-21(27-32-22)16-6-7-25-19(12-16)28-10-8-24-15-28/h1-5,8,10,15-16,18-19,23,25H,6-7,9,11-14H2. The van der Waals surface area contributed by atoms with Gasteiger partial charge in [-0.25, -0.2) is 4.98 Å². The van der Waals surface area contributed by atoms with Crippen LogP contribution in [0.25, 0.3) is 0 Å². The van der Waals surface area contributed by atoms with Crippen molar-refractivity contribution >= 4 is 5.91 Å². The molecule has 168 valence electrons. The molecule has 5 rings (SSSR count). The molecule has 3 aromatic rings. The van der Waals surface area contributed by atoms with Crippen molar-refractivity contribution in [1.29, 1.82) is 0 Å². The van der Waals surface area contributed by atoms with Gasteiger partial charge in [-0.2, -0.15) is 4.98 Å². The lowest BCUT2D eigenvalue weighted by molar-refractivity contribution is -0.137. The van der Waals surface area contributed by atoms with Crippen LogP contribution in [0.15, 0.2) is 53.6 Å². The van der Waals surface area contributed by atoms with E-state index in [1.807, 2.05) is 42.9 Å². The van der Waals surface area contributed by atoms with Crippen molar-refractivity contribution in [3.8, 4) is 5.75 Å². The van der Waals surface area contributed by atoms with Gasteiger partial charge in [0.15, 0.2) is 12.4 Å². The van der Waals surface area contributed by atoms with Gasteiger partial charge in [-0.3, -0.25) is 10.1 Å². The third-order valence-electron chi connectivity index (χ3n) is 6.04. The topological polar surface area (TPSA) is 110 Å². The van der Waals surface area contributed by atoms with Gasteiger partial charge >= 0.3 is 0 Å². The Bertz CT molecular complexity index is 1010. The van der Waals surface area contributed by atoms with Crippen LogP contribution in [0.4, 0.5) is 0 Å². The first-order chi connectivity index (χ1) is 15.8. The maximum atomic E-state index is 12.9. The molecule has 2 saturated heterocycles. The third-order valence-corrected chi connectivity index (χ3v) is 6.04. The third kappa shape index (κ3) is 4.51. The summed E-state index contributed by atoms with van der Waals surface area (Å²) in [5.41, 5.74) is 0. The molecule has 10 heteroatoms. The van der Waals surface area contributed by atoms with E-state index in [0.717, 1.165) is 25.9 Å². The number of benzene rings is 1. The number of nitrogens with zero attached hydrogens (tertiary/aromatic N) is 5. The van der Waals surface area contributed by atoms with Crippen LogP contribution >= 0.6 is 0 Å². The second kappa shape index (κ2) is 9.49. The molecule has 2 aliphatic rings. The van der Waals surface area contributed by atoms with E-state index in [1.54, 1.807) is 11.1 Å². The van der Waals surface area contributed by atoms with Gasteiger partial charge in [-0.1, -0.05) is 23.4 Å². The van der Waals surface area contributed by atoms with Crippen molar-refractivity contribution in [1.82, 2.24) is 35.2 Å². The lowest BCUT2D eigenvalue weighted by Crippen LogP contribution is -2.50. The molecule has 2 fully saturated rings. The van der Waals surface area contributed by atoms with E-state index in [4.69, 9.17) is 14.2 Å². The second-order valence-corrected chi connectivity index (χ2v) is 8.10. The molecule has 0 aliphatic carbocycles. The molecule has 10 nitrogen and oxygen atoms in total. The van der Waals surface area contributed by atoms with Crippen molar-refractivity contribution in [2.45, 2.75) is 31.0 Å². The molecule has 32 heavy (non-hydrogen) atoms. The second-order valence-electron chi connectivity index (χ2n) is 8.10. The van der Waals surface area contributed by atoms with E-state index in [-0.39, 0.29) is 30.6 Å². The molecular weight excluding hydrogens is 410 g/mol. The van der Waals surface area contributed by atoms with Crippen molar-refractivity contribution in [2.75, 3.05) is 32.8 Å². The van der Waals surface area contributed by atoms with E-state index in [0.29, 0.717) is 30.6 Å². The molecule has 2 N–H and O–H groups in total. The quantitative estimate of drug-likeness (QED) is 0.597. The highest BCUT2D eigenvalue weighted by Gasteiger charge is 2.34. The largest absolute Gasteiger partial charge is 0.484 e. The number of rotatable bonds is 6. The summed E-state index contributed by atoms with van der Waals surface area (Å²) < 4.78 is 13.4. The highest BCUT2D eigenvalue weighted by Crippen LogP contribution is 2.31. The molecule has 1 amide bonds. The average Bonchev–Trinajstić information content (AvgIpc) is 3.56. The Morgan fingerprint density at radius 3 is 3.00 bits per heavy atom. The zero-order chi connectivity index (χ0) is 21.8. The molecule has 3 unspecified atom stereocenters. The SMILES string of the molecule is O=C(COc1ccccc1)N1CCNCC1c1nc(C2CCNC(n3ccnc3)C2)no1. The number of piperidine rings is 1. The van der Waals surface area contributed by atoms with Crippen LogP contribution in [0.1, 0.15) is 42.7 Å². The molecule has 0 bridgehead atoms. The first kappa shape index (κ1) is 20.7. The Labute approximate surface area is 186 Å². The lowest BCUT2D eigenvalue weighted by Gasteiger charge is -2.33. The molecular formula is C22H27N7O3. The minimum absolute atomic E-state index is 0.0254. The molecule has 0 spiro atoms. The van der Waals surface area contributed by atoms with Crippen molar-refractivity contribution in [3.63, 3.8) is 0 Å². The number of carbonyl (C=O) groups is 1. The summed E-state index contributed by atoms with van der Waals surface area (Å²) in [6, 6.07) is 9.04. The number of ether oxygens (including phenoxy) is 1. The van der Waals surface area contributed by atoms with Crippen molar-refractivity contribution < 1.29 is 14.1 Å². The Hall–Kier alpha value is -3.24. The Balaban J connectivity index is 1.25. The maximum absolute atomic E-state index is 12.9. The van der Waals surface area contributed by atoms with Gasteiger partial charge in [0.25, 0.3) is 11.8 Å². The van der Waals surface area contributed by atoms with Crippen LogP contribution < -0.4 is 15.4 Å². The van der Waals surface area contributed by atoms with Gasteiger partial charge in [-0.15, -0.1) is 0 Å². The number of imidazole rings is 1. The van der Waals surface area contributed by atoms with Gasteiger partial charge in [0.1, 0.15) is 11.8 Å². The fourth-order valence-electron chi connectivity index (χ4n) is 4.33. The van der Waals surface area contributed by atoms with Gasteiger partial charge in [-0.05, 0) is 31.5 Å². The molecule has 3 atom stereocenters. The number of para-hydroxylation sites is 1. The first-order valence-corrected chi connectivity index (χ1v) is 11.0. The van der Waals surface area contributed by atoms with E-state index in [1.165, 1.54) is 0 Å². The van der Waals surface area contributed by atoms with Crippen LogP contribution in [0.2, 0.25) is 0 Å².